The van der Waals surface area contributed by atoms with Crippen LogP contribution >= 0.6 is 0 Å². The number of fused-ring (bicyclic) bond motifs is 1. The number of nitrogens with one attached hydrogen (secondary N) is 2. The lowest BCUT2D eigenvalue weighted by molar-refractivity contribution is -0.142. The summed E-state index contributed by atoms with van der Waals surface area (Å²) in [6.07, 6.45) is 1.90. The Kier molecular flexibility index (Phi) is 6.93. The van der Waals surface area contributed by atoms with Gasteiger partial charge in [0.15, 0.2) is 0 Å². The summed E-state index contributed by atoms with van der Waals surface area (Å²) in [5.41, 5.74) is 1.72. The molecule has 5 N–H and O–H groups in total. The van der Waals surface area contributed by atoms with Gasteiger partial charge in [-0.05, 0) is 11.6 Å². The number of aromatic amines is 1. The number of nitrogens with zero attached hydrogens (tertiary/aromatic N) is 1. The number of aromatic nitrogens is 1. The third-order valence-electron chi connectivity index (χ3n) is 3.93. The van der Waals surface area contributed by atoms with Crippen molar-refractivity contribution in [2.75, 3.05) is 32.8 Å². The molecule has 0 radical (unpaired) electrons. The Morgan fingerprint density at radius 2 is 1.84 bits per heavy atom. The quantitative estimate of drug-likeness (QED) is 0.396. The van der Waals surface area contributed by atoms with Crippen LogP contribution < -0.4 is 5.32 Å². The summed E-state index contributed by atoms with van der Waals surface area (Å²) in [7, 11) is 0. The van der Waals surface area contributed by atoms with E-state index in [1.807, 2.05) is 24.3 Å². The monoisotopic (exact) mass is 349 g/mol. The van der Waals surface area contributed by atoms with E-state index in [9.17, 15) is 14.7 Å². The number of carboxylic acid groups (broad SMARTS) is 1. The fourth-order valence-electron chi connectivity index (χ4n) is 2.72. The van der Waals surface area contributed by atoms with E-state index in [1.165, 1.54) is 0 Å². The zero-order valence-corrected chi connectivity index (χ0v) is 13.8. The van der Waals surface area contributed by atoms with Crippen molar-refractivity contribution in [1.82, 2.24) is 15.2 Å². The Labute approximate surface area is 145 Å². The molecule has 0 spiro atoms. The summed E-state index contributed by atoms with van der Waals surface area (Å²) in [5.74, 6) is -1.58. The van der Waals surface area contributed by atoms with Gasteiger partial charge >= 0.3 is 5.97 Å². The van der Waals surface area contributed by atoms with Crippen LogP contribution in [0.5, 0.6) is 0 Å². The van der Waals surface area contributed by atoms with Gasteiger partial charge in [0.25, 0.3) is 0 Å². The predicted molar refractivity (Wildman–Crippen MR) is 92.2 cm³/mol. The molecule has 8 nitrogen and oxygen atoms in total. The Hall–Kier alpha value is -2.42. The van der Waals surface area contributed by atoms with Gasteiger partial charge in [0.05, 0.1) is 19.8 Å². The highest BCUT2D eigenvalue weighted by molar-refractivity contribution is 5.87. The largest absolute Gasteiger partial charge is 0.480 e. The second-order valence-corrected chi connectivity index (χ2v) is 5.75. The minimum atomic E-state index is -1.12. The number of para-hydroxylation sites is 1. The molecule has 2 rings (SSSR count). The summed E-state index contributed by atoms with van der Waals surface area (Å²) in [6.45, 7) is 0.0804. The number of benzene rings is 1. The van der Waals surface area contributed by atoms with Gasteiger partial charge in [-0.15, -0.1) is 0 Å². The summed E-state index contributed by atoms with van der Waals surface area (Å²) >= 11 is 0. The van der Waals surface area contributed by atoms with Crippen molar-refractivity contribution in [2.24, 2.45) is 0 Å². The molecule has 0 saturated carbocycles. The maximum absolute atomic E-state index is 12.1. The number of amides is 1. The topological polar surface area (TPSA) is 126 Å². The third kappa shape index (κ3) is 5.28. The van der Waals surface area contributed by atoms with E-state index in [1.54, 1.807) is 11.1 Å². The molecule has 0 saturated heterocycles. The molecule has 0 fully saturated rings. The van der Waals surface area contributed by atoms with Crippen LogP contribution in [0.2, 0.25) is 0 Å². The molecule has 25 heavy (non-hydrogen) atoms. The maximum Gasteiger partial charge on any atom is 0.326 e. The van der Waals surface area contributed by atoms with Crippen LogP contribution in [0.15, 0.2) is 30.5 Å². The summed E-state index contributed by atoms with van der Waals surface area (Å²) in [6, 6.07) is 6.49. The van der Waals surface area contributed by atoms with Gasteiger partial charge in [-0.3, -0.25) is 9.69 Å². The molecule has 8 heteroatoms. The van der Waals surface area contributed by atoms with E-state index in [2.05, 4.69) is 10.3 Å². The zero-order valence-electron chi connectivity index (χ0n) is 13.8. The average Bonchev–Trinajstić information content (AvgIpc) is 2.98. The first kappa shape index (κ1) is 18.9. The normalized spacial score (nSPS) is 12.4. The van der Waals surface area contributed by atoms with Crippen LogP contribution in [-0.4, -0.2) is 76.0 Å². The highest BCUT2D eigenvalue weighted by Crippen LogP contribution is 2.19. The molecular weight excluding hydrogens is 326 g/mol. The third-order valence-corrected chi connectivity index (χ3v) is 3.93. The number of hydrogen-bond acceptors (Lipinski definition) is 5. The Balaban J connectivity index is 2.03. The number of carbonyl (C=O) groups is 2. The van der Waals surface area contributed by atoms with Crippen molar-refractivity contribution >= 4 is 22.8 Å². The molecule has 0 bridgehead atoms. The lowest BCUT2D eigenvalue weighted by Crippen LogP contribution is -2.47. The second-order valence-electron chi connectivity index (χ2n) is 5.75. The number of aliphatic carboxylic acids is 1. The van der Waals surface area contributed by atoms with Crippen LogP contribution in [-0.2, 0) is 16.0 Å². The smallest absolute Gasteiger partial charge is 0.326 e. The van der Waals surface area contributed by atoms with Gasteiger partial charge in [0.1, 0.15) is 6.04 Å². The molecule has 0 aliphatic heterocycles. The summed E-state index contributed by atoms with van der Waals surface area (Å²) < 4.78 is 0. The van der Waals surface area contributed by atoms with Gasteiger partial charge in [-0.2, -0.15) is 0 Å². The van der Waals surface area contributed by atoms with E-state index < -0.39 is 17.9 Å². The van der Waals surface area contributed by atoms with E-state index in [-0.39, 0.29) is 39.3 Å². The fraction of sp³-hybridized carbons (Fsp3) is 0.412. The number of H-pyrrole nitrogens is 1. The van der Waals surface area contributed by atoms with Crippen molar-refractivity contribution in [3.05, 3.63) is 36.0 Å². The Morgan fingerprint density at radius 3 is 2.48 bits per heavy atom. The Morgan fingerprint density at radius 1 is 1.16 bits per heavy atom. The van der Waals surface area contributed by atoms with Crippen LogP contribution in [0.4, 0.5) is 0 Å². The number of carbonyl (C=O) groups excluding carboxylic acids is 1. The minimum Gasteiger partial charge on any atom is -0.480 e. The average molecular weight is 349 g/mol. The van der Waals surface area contributed by atoms with Crippen molar-refractivity contribution in [1.29, 1.82) is 0 Å². The van der Waals surface area contributed by atoms with E-state index in [0.717, 1.165) is 16.5 Å². The Bertz CT molecular complexity index is 709. The van der Waals surface area contributed by atoms with Gasteiger partial charge in [-0.1, -0.05) is 18.2 Å². The highest BCUT2D eigenvalue weighted by Gasteiger charge is 2.22. The molecule has 0 aliphatic rings. The van der Waals surface area contributed by atoms with Gasteiger partial charge in [-0.25, -0.2) is 4.79 Å². The minimum absolute atomic E-state index is 0.0845. The number of aliphatic hydroxyl groups excluding tert-OH is 2. The zero-order chi connectivity index (χ0) is 18.2. The molecule has 1 atom stereocenters. The summed E-state index contributed by atoms with van der Waals surface area (Å²) in [5, 5.41) is 30.8. The lowest BCUT2D eigenvalue weighted by atomic mass is 10.0. The molecule has 1 aromatic heterocycles. The van der Waals surface area contributed by atoms with Crippen molar-refractivity contribution in [3.8, 4) is 0 Å². The molecule has 1 amide bonds. The summed E-state index contributed by atoms with van der Waals surface area (Å²) in [4.78, 5) is 28.3. The number of aliphatic hydroxyl groups is 2. The second kappa shape index (κ2) is 9.16. The maximum atomic E-state index is 12.1. The standard InChI is InChI=1S/C17H23N3O5/c21-7-5-20(6-8-22)11-16(23)19-15(17(24)25)9-12-10-18-14-4-2-1-3-13(12)14/h1-4,10,15,18,21-22H,5-9,11H2,(H,19,23)(H,24,25). The molecule has 1 aromatic carbocycles. The molecule has 2 aromatic rings. The molecule has 1 heterocycles. The van der Waals surface area contributed by atoms with Gasteiger partial charge in [0.2, 0.25) is 5.91 Å². The first-order chi connectivity index (χ1) is 12.0. The van der Waals surface area contributed by atoms with Gasteiger partial charge < -0.3 is 25.6 Å². The molecule has 0 aliphatic carbocycles. The van der Waals surface area contributed by atoms with Crippen molar-refractivity contribution in [2.45, 2.75) is 12.5 Å². The van der Waals surface area contributed by atoms with E-state index >= 15 is 0 Å². The predicted octanol–water partition coefficient (Wildman–Crippen LogP) is -0.434. The molecule has 1 unspecified atom stereocenters. The number of rotatable bonds is 10. The van der Waals surface area contributed by atoms with Crippen LogP contribution in [0.3, 0.4) is 0 Å². The van der Waals surface area contributed by atoms with Crippen molar-refractivity contribution < 1.29 is 24.9 Å². The van der Waals surface area contributed by atoms with Crippen LogP contribution in [0.1, 0.15) is 5.56 Å². The van der Waals surface area contributed by atoms with E-state index in [4.69, 9.17) is 10.2 Å². The van der Waals surface area contributed by atoms with Crippen LogP contribution in [0.25, 0.3) is 10.9 Å². The number of carboxylic acids is 1. The van der Waals surface area contributed by atoms with Crippen LogP contribution in [0, 0.1) is 0 Å². The molecule has 136 valence electrons. The van der Waals surface area contributed by atoms with E-state index in [0.29, 0.717) is 0 Å². The number of hydrogen-bond donors (Lipinski definition) is 5. The van der Waals surface area contributed by atoms with Crippen molar-refractivity contribution in [3.63, 3.8) is 0 Å². The SMILES string of the molecule is O=C(CN(CCO)CCO)NC(Cc1c[nH]c2ccccc12)C(=O)O. The first-order valence-electron chi connectivity index (χ1n) is 8.06. The fourth-order valence-corrected chi connectivity index (χ4v) is 2.72. The molecular formula is C17H23N3O5. The first-order valence-corrected chi connectivity index (χ1v) is 8.06. The van der Waals surface area contributed by atoms with Gasteiger partial charge in [0, 0.05) is 36.6 Å². The highest BCUT2D eigenvalue weighted by atomic mass is 16.4. The lowest BCUT2D eigenvalue weighted by Gasteiger charge is -2.21.